The minimum atomic E-state index is -0.646. The van der Waals surface area contributed by atoms with Gasteiger partial charge in [-0.1, -0.05) is 30.3 Å². The van der Waals surface area contributed by atoms with Crippen LogP contribution in [0.3, 0.4) is 0 Å². The highest BCUT2D eigenvalue weighted by atomic mass is 19.1. The van der Waals surface area contributed by atoms with E-state index < -0.39 is 6.04 Å². The standard InChI is InChI=1S/C24H24FN3O2/c1-15(28-24(30)22-5-3-2-4-17(22)14-26-28)23(29)27-20-10-11-21(27)13-18(12-20)16-6-8-19(25)9-7-16/h2-9,14-15,18,20-21H,10-13H2,1H3/t15-,20+,21+/m1/s1. The lowest BCUT2D eigenvalue weighted by Crippen LogP contribution is -2.49. The number of aromatic nitrogens is 2. The second kappa shape index (κ2) is 7.35. The van der Waals surface area contributed by atoms with Gasteiger partial charge in [0.1, 0.15) is 11.9 Å². The van der Waals surface area contributed by atoms with E-state index in [2.05, 4.69) is 5.10 Å². The number of carbonyl (C=O) groups is 1. The van der Waals surface area contributed by atoms with Crippen LogP contribution in [-0.2, 0) is 4.79 Å². The lowest BCUT2D eigenvalue weighted by molar-refractivity contribution is -0.139. The van der Waals surface area contributed by atoms with Crippen LogP contribution in [0, 0.1) is 5.82 Å². The average Bonchev–Trinajstić information content (AvgIpc) is 3.03. The van der Waals surface area contributed by atoms with Gasteiger partial charge in [-0.2, -0.15) is 5.10 Å². The number of rotatable bonds is 3. The quantitative estimate of drug-likeness (QED) is 0.661. The van der Waals surface area contributed by atoms with E-state index in [4.69, 9.17) is 0 Å². The van der Waals surface area contributed by atoms with Gasteiger partial charge < -0.3 is 4.90 Å². The summed E-state index contributed by atoms with van der Waals surface area (Å²) in [5.74, 6) is 0.0744. The Morgan fingerprint density at radius 1 is 1.07 bits per heavy atom. The summed E-state index contributed by atoms with van der Waals surface area (Å²) in [5.41, 5.74) is 0.906. The molecule has 1 aromatic heterocycles. The Labute approximate surface area is 174 Å². The minimum absolute atomic E-state index is 0.0371. The van der Waals surface area contributed by atoms with Crippen LogP contribution in [0.2, 0.25) is 0 Å². The molecule has 0 radical (unpaired) electrons. The van der Waals surface area contributed by atoms with E-state index in [0.717, 1.165) is 36.6 Å². The fourth-order valence-corrected chi connectivity index (χ4v) is 5.24. The normalized spacial score (nSPS) is 24.2. The van der Waals surface area contributed by atoms with Crippen molar-refractivity contribution >= 4 is 16.7 Å². The molecule has 0 N–H and O–H groups in total. The van der Waals surface area contributed by atoms with E-state index in [9.17, 15) is 14.0 Å². The van der Waals surface area contributed by atoms with Gasteiger partial charge in [-0.05, 0) is 62.3 Å². The zero-order valence-electron chi connectivity index (χ0n) is 16.9. The predicted molar refractivity (Wildman–Crippen MR) is 113 cm³/mol. The number of nitrogens with zero attached hydrogens (tertiary/aromatic N) is 3. The van der Waals surface area contributed by atoms with E-state index in [-0.39, 0.29) is 29.4 Å². The molecule has 3 heterocycles. The molecular weight excluding hydrogens is 381 g/mol. The number of carbonyl (C=O) groups excluding carboxylic acids is 1. The molecule has 2 aromatic carbocycles. The Balaban J connectivity index is 1.39. The SMILES string of the molecule is C[C@H](C(=O)N1[C@H]2CC[C@H]1CC(c1ccc(F)cc1)C2)n1ncc2ccccc2c1=O. The second-order valence-electron chi connectivity index (χ2n) is 8.51. The molecule has 2 aliphatic rings. The van der Waals surface area contributed by atoms with Crippen molar-refractivity contribution in [3.63, 3.8) is 0 Å². The van der Waals surface area contributed by atoms with Crippen LogP contribution in [-0.4, -0.2) is 32.7 Å². The van der Waals surface area contributed by atoms with Crippen molar-refractivity contribution < 1.29 is 9.18 Å². The number of fused-ring (bicyclic) bond motifs is 3. The third kappa shape index (κ3) is 3.11. The van der Waals surface area contributed by atoms with Crippen LogP contribution in [0.4, 0.5) is 4.39 Å². The number of piperidine rings is 1. The topological polar surface area (TPSA) is 55.2 Å². The van der Waals surface area contributed by atoms with Crippen LogP contribution < -0.4 is 5.56 Å². The molecule has 154 valence electrons. The summed E-state index contributed by atoms with van der Waals surface area (Å²) in [6.45, 7) is 1.76. The summed E-state index contributed by atoms with van der Waals surface area (Å²) in [4.78, 5) is 28.3. The monoisotopic (exact) mass is 405 g/mol. The molecule has 3 aromatic rings. The smallest absolute Gasteiger partial charge is 0.275 e. The van der Waals surface area contributed by atoms with Gasteiger partial charge in [-0.15, -0.1) is 0 Å². The fourth-order valence-electron chi connectivity index (χ4n) is 5.24. The first kappa shape index (κ1) is 19.0. The Bertz CT molecular complexity index is 1140. The van der Waals surface area contributed by atoms with Crippen molar-refractivity contribution in [1.29, 1.82) is 0 Å². The molecule has 2 fully saturated rings. The van der Waals surface area contributed by atoms with Crippen molar-refractivity contribution in [3.8, 4) is 0 Å². The highest BCUT2D eigenvalue weighted by molar-refractivity contribution is 5.83. The summed E-state index contributed by atoms with van der Waals surface area (Å²) in [6, 6.07) is 13.7. The van der Waals surface area contributed by atoms with E-state index >= 15 is 0 Å². The van der Waals surface area contributed by atoms with Crippen LogP contribution in [0.5, 0.6) is 0 Å². The van der Waals surface area contributed by atoms with Crippen molar-refractivity contribution in [2.24, 2.45) is 0 Å². The van der Waals surface area contributed by atoms with Gasteiger partial charge in [-0.3, -0.25) is 9.59 Å². The molecule has 3 atom stereocenters. The summed E-state index contributed by atoms with van der Waals surface area (Å²) in [7, 11) is 0. The highest BCUT2D eigenvalue weighted by Crippen LogP contribution is 2.43. The van der Waals surface area contributed by atoms with Gasteiger partial charge in [0, 0.05) is 17.5 Å². The summed E-state index contributed by atoms with van der Waals surface area (Å²) < 4.78 is 14.6. The first-order valence-corrected chi connectivity index (χ1v) is 10.6. The van der Waals surface area contributed by atoms with Crippen LogP contribution in [0.25, 0.3) is 10.8 Å². The maximum Gasteiger partial charge on any atom is 0.275 e. The van der Waals surface area contributed by atoms with Crippen LogP contribution >= 0.6 is 0 Å². The number of hydrogen-bond donors (Lipinski definition) is 0. The van der Waals surface area contributed by atoms with Crippen molar-refractivity contribution in [2.75, 3.05) is 0 Å². The molecule has 2 bridgehead atoms. The van der Waals surface area contributed by atoms with Crippen molar-refractivity contribution in [1.82, 2.24) is 14.7 Å². The molecular formula is C24H24FN3O2. The second-order valence-corrected chi connectivity index (χ2v) is 8.51. The summed E-state index contributed by atoms with van der Waals surface area (Å²) in [5, 5.41) is 5.64. The van der Waals surface area contributed by atoms with Gasteiger partial charge in [-0.25, -0.2) is 9.07 Å². The molecule has 5 nitrogen and oxygen atoms in total. The zero-order chi connectivity index (χ0) is 20.8. The first-order chi connectivity index (χ1) is 14.5. The Kier molecular flexibility index (Phi) is 4.65. The predicted octanol–water partition coefficient (Wildman–Crippen LogP) is 4.03. The minimum Gasteiger partial charge on any atom is -0.335 e. The van der Waals surface area contributed by atoms with E-state index in [1.165, 1.54) is 16.8 Å². The first-order valence-electron chi connectivity index (χ1n) is 10.6. The van der Waals surface area contributed by atoms with Crippen LogP contribution in [0.1, 0.15) is 50.1 Å². The summed E-state index contributed by atoms with van der Waals surface area (Å²) >= 11 is 0. The molecule has 0 unspecified atom stereocenters. The van der Waals surface area contributed by atoms with Gasteiger partial charge in [0.2, 0.25) is 5.91 Å². The number of halogens is 1. The lowest BCUT2D eigenvalue weighted by Gasteiger charge is -2.40. The van der Waals surface area contributed by atoms with Gasteiger partial charge in [0.05, 0.1) is 11.6 Å². The third-order valence-electron chi connectivity index (χ3n) is 6.77. The molecule has 2 aliphatic heterocycles. The van der Waals surface area contributed by atoms with Gasteiger partial charge in [0.25, 0.3) is 5.56 Å². The van der Waals surface area contributed by atoms with Crippen molar-refractivity contribution in [2.45, 2.75) is 56.7 Å². The van der Waals surface area contributed by atoms with E-state index in [0.29, 0.717) is 11.3 Å². The summed E-state index contributed by atoms with van der Waals surface area (Å²) in [6.07, 6.45) is 5.35. The maximum atomic E-state index is 13.4. The highest BCUT2D eigenvalue weighted by Gasteiger charge is 2.45. The average molecular weight is 405 g/mol. The molecule has 0 aliphatic carbocycles. The largest absolute Gasteiger partial charge is 0.335 e. The molecule has 0 spiro atoms. The van der Waals surface area contributed by atoms with Crippen molar-refractivity contribution in [3.05, 3.63) is 76.5 Å². The fraction of sp³-hybridized carbons (Fsp3) is 0.375. The number of benzene rings is 2. The zero-order valence-corrected chi connectivity index (χ0v) is 16.9. The Hall–Kier alpha value is -3.02. The molecule has 1 amide bonds. The molecule has 5 rings (SSSR count). The van der Waals surface area contributed by atoms with Gasteiger partial charge in [0.15, 0.2) is 0 Å². The number of hydrogen-bond acceptors (Lipinski definition) is 3. The lowest BCUT2D eigenvalue weighted by atomic mass is 9.85. The molecule has 6 heteroatoms. The molecule has 2 saturated heterocycles. The Morgan fingerprint density at radius 2 is 1.73 bits per heavy atom. The van der Waals surface area contributed by atoms with Gasteiger partial charge >= 0.3 is 0 Å². The Morgan fingerprint density at radius 3 is 2.43 bits per heavy atom. The third-order valence-corrected chi connectivity index (χ3v) is 6.77. The maximum absolute atomic E-state index is 13.4. The molecule has 0 saturated carbocycles. The molecule has 30 heavy (non-hydrogen) atoms. The van der Waals surface area contributed by atoms with E-state index in [1.54, 1.807) is 19.2 Å². The van der Waals surface area contributed by atoms with E-state index in [1.807, 2.05) is 35.2 Å². The number of amides is 1. The van der Waals surface area contributed by atoms with Crippen LogP contribution in [0.15, 0.2) is 59.5 Å².